The molecule has 1 fully saturated rings. The summed E-state index contributed by atoms with van der Waals surface area (Å²) in [6.07, 6.45) is 2.85. The van der Waals surface area contributed by atoms with Gasteiger partial charge in [-0.15, -0.1) is 0 Å². The molecule has 1 N–H and O–H groups in total. The largest absolute Gasteiger partial charge is 0.461 e. The molecule has 1 aliphatic heterocycles. The summed E-state index contributed by atoms with van der Waals surface area (Å²) in [5.41, 5.74) is 2.42. The SMILES string of the molecule is CC(C)(C)C(=O)Nc1ccc(-c2cc3c(o2)CCN(C(=O)C2CC2)C3)cc1. The van der Waals surface area contributed by atoms with E-state index in [9.17, 15) is 9.59 Å². The first-order valence-electron chi connectivity index (χ1n) is 9.63. The Labute approximate surface area is 159 Å². The predicted octanol–water partition coefficient (Wildman–Crippen LogP) is 4.23. The Balaban J connectivity index is 1.47. The maximum Gasteiger partial charge on any atom is 0.229 e. The molecule has 1 aliphatic carbocycles. The number of carbonyl (C=O) groups excluding carboxylic acids is 2. The quantitative estimate of drug-likeness (QED) is 0.884. The fourth-order valence-electron chi connectivity index (χ4n) is 3.29. The standard InChI is InChI=1S/C22H26N2O3/c1-22(2,3)21(26)23-17-8-6-14(7-9-17)19-12-16-13-24(11-10-18(16)27-19)20(25)15-4-5-15/h6-9,12,15H,4-5,10-11,13H2,1-3H3,(H,23,26). The first-order chi connectivity index (χ1) is 12.8. The lowest BCUT2D eigenvalue weighted by atomic mass is 9.95. The number of carbonyl (C=O) groups is 2. The van der Waals surface area contributed by atoms with Crippen LogP contribution in [0.5, 0.6) is 0 Å². The van der Waals surface area contributed by atoms with Crippen molar-refractivity contribution in [1.82, 2.24) is 4.90 Å². The molecule has 1 aromatic carbocycles. The summed E-state index contributed by atoms with van der Waals surface area (Å²) in [4.78, 5) is 26.4. The number of fused-ring (bicyclic) bond motifs is 1. The van der Waals surface area contributed by atoms with Crippen LogP contribution in [0.2, 0.25) is 0 Å². The number of hydrogen-bond acceptors (Lipinski definition) is 3. The molecular weight excluding hydrogens is 340 g/mol. The number of nitrogens with zero attached hydrogens (tertiary/aromatic N) is 1. The first kappa shape index (κ1) is 17.8. The Bertz CT molecular complexity index is 870. The van der Waals surface area contributed by atoms with Gasteiger partial charge in [0.25, 0.3) is 0 Å². The van der Waals surface area contributed by atoms with Crippen molar-refractivity contribution in [2.75, 3.05) is 11.9 Å². The number of anilines is 1. The molecule has 2 heterocycles. The maximum atomic E-state index is 12.3. The molecule has 5 nitrogen and oxygen atoms in total. The van der Waals surface area contributed by atoms with E-state index in [1.165, 1.54) is 0 Å². The highest BCUT2D eigenvalue weighted by molar-refractivity contribution is 5.94. The van der Waals surface area contributed by atoms with Gasteiger partial charge in [0, 0.05) is 47.7 Å². The van der Waals surface area contributed by atoms with Crippen LogP contribution in [-0.2, 0) is 22.6 Å². The number of nitrogens with one attached hydrogen (secondary N) is 1. The molecule has 0 bridgehead atoms. The van der Waals surface area contributed by atoms with Gasteiger partial charge in [0.05, 0.1) is 0 Å². The highest BCUT2D eigenvalue weighted by atomic mass is 16.3. The van der Waals surface area contributed by atoms with Gasteiger partial charge in [0.15, 0.2) is 0 Å². The molecule has 5 heteroatoms. The van der Waals surface area contributed by atoms with Crippen LogP contribution in [0.3, 0.4) is 0 Å². The Hall–Kier alpha value is -2.56. The molecule has 142 valence electrons. The Morgan fingerprint density at radius 1 is 1.15 bits per heavy atom. The summed E-state index contributed by atoms with van der Waals surface area (Å²) < 4.78 is 6.05. The van der Waals surface area contributed by atoms with Gasteiger partial charge >= 0.3 is 0 Å². The number of furan rings is 1. The van der Waals surface area contributed by atoms with Gasteiger partial charge in [-0.25, -0.2) is 0 Å². The zero-order valence-electron chi connectivity index (χ0n) is 16.2. The Morgan fingerprint density at radius 3 is 2.48 bits per heavy atom. The molecule has 1 saturated carbocycles. The van der Waals surface area contributed by atoms with E-state index in [2.05, 4.69) is 5.32 Å². The summed E-state index contributed by atoms with van der Waals surface area (Å²) in [5, 5.41) is 2.93. The van der Waals surface area contributed by atoms with E-state index in [1.807, 2.05) is 56.0 Å². The van der Waals surface area contributed by atoms with Crippen molar-refractivity contribution in [1.29, 1.82) is 0 Å². The third-order valence-corrected chi connectivity index (χ3v) is 5.21. The molecule has 4 rings (SSSR count). The van der Waals surface area contributed by atoms with Crippen molar-refractivity contribution in [2.24, 2.45) is 11.3 Å². The second kappa shape index (κ2) is 6.55. The molecule has 0 spiro atoms. The zero-order chi connectivity index (χ0) is 19.2. The van der Waals surface area contributed by atoms with Crippen LogP contribution >= 0.6 is 0 Å². The summed E-state index contributed by atoms with van der Waals surface area (Å²) in [6, 6.07) is 9.74. The first-order valence-corrected chi connectivity index (χ1v) is 9.63. The number of rotatable bonds is 3. The molecular formula is C22H26N2O3. The van der Waals surface area contributed by atoms with E-state index >= 15 is 0 Å². The molecule has 0 atom stereocenters. The van der Waals surface area contributed by atoms with Crippen molar-refractivity contribution < 1.29 is 14.0 Å². The minimum absolute atomic E-state index is 0.0101. The monoisotopic (exact) mass is 366 g/mol. The summed E-state index contributed by atoms with van der Waals surface area (Å²) in [6.45, 7) is 7.06. The predicted molar refractivity (Wildman–Crippen MR) is 104 cm³/mol. The van der Waals surface area contributed by atoms with Crippen molar-refractivity contribution in [3.8, 4) is 11.3 Å². The number of benzene rings is 1. The van der Waals surface area contributed by atoms with E-state index < -0.39 is 5.41 Å². The maximum absolute atomic E-state index is 12.3. The van der Waals surface area contributed by atoms with Crippen molar-refractivity contribution in [3.05, 3.63) is 41.7 Å². The third kappa shape index (κ3) is 3.77. The van der Waals surface area contributed by atoms with E-state index in [-0.39, 0.29) is 11.8 Å². The van der Waals surface area contributed by atoms with Crippen molar-refractivity contribution >= 4 is 17.5 Å². The van der Waals surface area contributed by atoms with Gasteiger partial charge in [0.1, 0.15) is 11.5 Å². The fraction of sp³-hybridized carbons (Fsp3) is 0.455. The van der Waals surface area contributed by atoms with E-state index in [0.29, 0.717) is 12.5 Å². The molecule has 2 aromatic rings. The minimum Gasteiger partial charge on any atom is -0.461 e. The highest BCUT2D eigenvalue weighted by Gasteiger charge is 2.35. The molecule has 0 saturated heterocycles. The highest BCUT2D eigenvalue weighted by Crippen LogP contribution is 2.35. The van der Waals surface area contributed by atoms with Crippen LogP contribution in [-0.4, -0.2) is 23.3 Å². The van der Waals surface area contributed by atoms with E-state index in [0.717, 1.165) is 54.1 Å². The van der Waals surface area contributed by atoms with Crippen LogP contribution < -0.4 is 5.32 Å². The van der Waals surface area contributed by atoms with Crippen LogP contribution in [0.1, 0.15) is 44.9 Å². The second-order valence-electron chi connectivity index (χ2n) is 8.62. The zero-order valence-corrected chi connectivity index (χ0v) is 16.2. The van der Waals surface area contributed by atoms with Crippen LogP contribution in [0.15, 0.2) is 34.7 Å². The summed E-state index contributed by atoms with van der Waals surface area (Å²) in [5.74, 6) is 2.34. The third-order valence-electron chi connectivity index (χ3n) is 5.21. The van der Waals surface area contributed by atoms with Gasteiger partial charge in [0.2, 0.25) is 11.8 Å². The topological polar surface area (TPSA) is 62.6 Å². The molecule has 2 amide bonds. The fourth-order valence-corrected chi connectivity index (χ4v) is 3.29. The van der Waals surface area contributed by atoms with E-state index in [4.69, 9.17) is 4.42 Å². The van der Waals surface area contributed by atoms with Gasteiger partial charge in [-0.2, -0.15) is 0 Å². The van der Waals surface area contributed by atoms with E-state index in [1.54, 1.807) is 0 Å². The minimum atomic E-state index is -0.428. The summed E-state index contributed by atoms with van der Waals surface area (Å²) >= 11 is 0. The molecule has 2 aliphatic rings. The average Bonchev–Trinajstić information content (AvgIpc) is 3.39. The molecule has 0 radical (unpaired) electrons. The average molecular weight is 366 g/mol. The lowest BCUT2D eigenvalue weighted by Crippen LogP contribution is -2.36. The van der Waals surface area contributed by atoms with Gasteiger partial charge in [-0.3, -0.25) is 9.59 Å². The lowest BCUT2D eigenvalue weighted by Gasteiger charge is -2.26. The Morgan fingerprint density at radius 2 is 1.85 bits per heavy atom. The molecule has 1 aromatic heterocycles. The van der Waals surface area contributed by atoms with Crippen molar-refractivity contribution in [2.45, 2.75) is 46.6 Å². The van der Waals surface area contributed by atoms with Gasteiger partial charge in [-0.05, 0) is 43.2 Å². The van der Waals surface area contributed by atoms with Crippen LogP contribution in [0, 0.1) is 11.3 Å². The van der Waals surface area contributed by atoms with Crippen LogP contribution in [0.4, 0.5) is 5.69 Å². The van der Waals surface area contributed by atoms with Crippen molar-refractivity contribution in [3.63, 3.8) is 0 Å². The smallest absolute Gasteiger partial charge is 0.229 e. The van der Waals surface area contributed by atoms with Gasteiger partial charge < -0.3 is 14.6 Å². The Kier molecular flexibility index (Phi) is 4.33. The molecule has 0 unspecified atom stereocenters. The van der Waals surface area contributed by atoms with Crippen LogP contribution in [0.25, 0.3) is 11.3 Å². The summed E-state index contributed by atoms with van der Waals surface area (Å²) in [7, 11) is 0. The number of amides is 2. The normalized spacial score (nSPS) is 16.8. The number of hydrogen-bond donors (Lipinski definition) is 1. The van der Waals surface area contributed by atoms with Gasteiger partial charge in [-0.1, -0.05) is 20.8 Å². The lowest BCUT2D eigenvalue weighted by molar-refractivity contribution is -0.133. The second-order valence-corrected chi connectivity index (χ2v) is 8.62. The molecule has 27 heavy (non-hydrogen) atoms.